The van der Waals surface area contributed by atoms with Crippen LogP contribution in [0, 0.1) is 0 Å². The zero-order valence-corrected chi connectivity index (χ0v) is 18.1. The van der Waals surface area contributed by atoms with Crippen LogP contribution in [0.15, 0.2) is 30.3 Å². The van der Waals surface area contributed by atoms with Crippen molar-refractivity contribution in [1.29, 1.82) is 0 Å². The Hall–Kier alpha value is 0.0900. The first-order valence-corrected chi connectivity index (χ1v) is 10.1. The monoisotopic (exact) mass is 367 g/mol. The average Bonchev–Trinajstić information content (AvgIpc) is 2.48. The van der Waals surface area contributed by atoms with E-state index in [0.717, 1.165) is 0 Å². The van der Waals surface area contributed by atoms with Crippen LogP contribution in [0.4, 0.5) is 0 Å². The number of hydrogen-bond donors (Lipinski definition) is 2. The molecule has 0 heterocycles. The molecule has 2 N–H and O–H groups in total. The van der Waals surface area contributed by atoms with Crippen molar-refractivity contribution >= 4 is 40.0 Å². The van der Waals surface area contributed by atoms with Crippen molar-refractivity contribution in [2.75, 3.05) is 0 Å². The van der Waals surface area contributed by atoms with Crippen LogP contribution in [0.5, 0.6) is 0 Å². The predicted molar refractivity (Wildman–Crippen MR) is 102 cm³/mol. The molecule has 0 aliphatic heterocycles. The Morgan fingerprint density at radius 2 is 1.12 bits per heavy atom. The molecule has 1 radical (unpaired) electrons. The molecular weight excluding hydrogens is 335 g/mol. The van der Waals surface area contributed by atoms with Gasteiger partial charge in [0.1, 0.15) is 0 Å². The van der Waals surface area contributed by atoms with Gasteiger partial charge in [0, 0.05) is 29.6 Å². The van der Waals surface area contributed by atoms with Gasteiger partial charge in [0.15, 0.2) is 0 Å². The number of rotatable bonds is 11. The third kappa shape index (κ3) is 24.3. The van der Waals surface area contributed by atoms with Crippen LogP contribution < -0.4 is 0 Å². The van der Waals surface area contributed by atoms with E-state index in [4.69, 9.17) is 17.5 Å². The molecule has 0 aliphatic carbocycles. The van der Waals surface area contributed by atoms with Gasteiger partial charge in [-0.1, -0.05) is 95.0 Å². The summed E-state index contributed by atoms with van der Waals surface area (Å²) in [6.07, 6.45) is 15.5. The van der Waals surface area contributed by atoms with E-state index >= 15 is 0 Å². The minimum absolute atomic E-state index is 0. The molecule has 0 saturated heterocycles. The summed E-state index contributed by atoms with van der Waals surface area (Å²) in [5.74, 6) is 0. The fraction of sp³-hybridized carbons (Fsp3) is 0.667. The summed E-state index contributed by atoms with van der Waals surface area (Å²) >= 11 is 0. The van der Waals surface area contributed by atoms with Crippen LogP contribution in [-0.4, -0.2) is 47.1 Å². The minimum atomic E-state index is -4.67. The quantitative estimate of drug-likeness (QED) is 0.323. The second-order valence-corrected chi connectivity index (χ2v) is 6.76. The van der Waals surface area contributed by atoms with E-state index < -0.39 is 10.4 Å². The molecule has 24 heavy (non-hydrogen) atoms. The number of aryl methyl sites for hydroxylation is 1. The van der Waals surface area contributed by atoms with Crippen molar-refractivity contribution in [3.8, 4) is 0 Å². The summed E-state index contributed by atoms with van der Waals surface area (Å²) in [6.45, 7) is 2.28. The van der Waals surface area contributed by atoms with Gasteiger partial charge in [-0.25, -0.2) is 0 Å². The summed E-state index contributed by atoms with van der Waals surface area (Å²) in [6, 6.07) is 10.9. The summed E-state index contributed by atoms with van der Waals surface area (Å²) in [4.78, 5) is 0. The molecule has 0 saturated carbocycles. The second-order valence-electron chi connectivity index (χ2n) is 5.87. The molecular formula is C18H32NaO4S. The van der Waals surface area contributed by atoms with E-state index in [9.17, 15) is 0 Å². The minimum Gasteiger partial charge on any atom is -0.264 e. The number of unbranched alkanes of at least 4 members (excludes halogenated alkanes) is 9. The standard InChI is InChI=1S/C18H30.Na.H2O4S/c1-2-3-4-5-6-7-8-9-10-12-15-18-16-13-11-14-17-18;;1-5(2,3)4/h11,13-14,16-17H,2-10,12,15H2,1H3;;(H2,1,2,3,4). The summed E-state index contributed by atoms with van der Waals surface area (Å²) < 4.78 is 31.6. The average molecular weight is 368 g/mol. The van der Waals surface area contributed by atoms with Crippen LogP contribution in [0.1, 0.15) is 76.7 Å². The topological polar surface area (TPSA) is 74.6 Å². The Balaban J connectivity index is 0. The molecule has 0 spiro atoms. The zero-order valence-electron chi connectivity index (χ0n) is 15.3. The summed E-state index contributed by atoms with van der Waals surface area (Å²) in [5.41, 5.74) is 1.50. The first-order valence-electron chi connectivity index (χ1n) is 8.67. The van der Waals surface area contributed by atoms with E-state index in [1.165, 1.54) is 76.2 Å². The maximum absolute atomic E-state index is 8.74. The Bertz CT molecular complexity index is 455. The van der Waals surface area contributed by atoms with E-state index in [0.29, 0.717) is 0 Å². The number of hydrogen-bond acceptors (Lipinski definition) is 2. The predicted octanol–water partition coefficient (Wildman–Crippen LogP) is 5.12. The van der Waals surface area contributed by atoms with E-state index in [-0.39, 0.29) is 29.6 Å². The molecule has 0 amide bonds. The second kappa shape index (κ2) is 17.9. The zero-order chi connectivity index (χ0) is 17.4. The normalized spacial score (nSPS) is 10.5. The molecule has 0 fully saturated rings. The molecule has 0 unspecified atom stereocenters. The number of benzene rings is 1. The molecule has 0 atom stereocenters. The maximum Gasteiger partial charge on any atom is 0.394 e. The molecule has 1 aromatic carbocycles. The Kier molecular flexibility index (Phi) is 19.6. The van der Waals surface area contributed by atoms with Gasteiger partial charge in [0.25, 0.3) is 0 Å². The summed E-state index contributed by atoms with van der Waals surface area (Å²) in [7, 11) is -4.67. The van der Waals surface area contributed by atoms with Crippen LogP contribution in [0.2, 0.25) is 0 Å². The van der Waals surface area contributed by atoms with Crippen LogP contribution >= 0.6 is 0 Å². The van der Waals surface area contributed by atoms with Crippen molar-refractivity contribution in [2.24, 2.45) is 0 Å². The fourth-order valence-electron chi connectivity index (χ4n) is 2.46. The van der Waals surface area contributed by atoms with E-state index in [1.807, 2.05) is 0 Å². The van der Waals surface area contributed by atoms with Gasteiger partial charge in [-0.15, -0.1) is 0 Å². The molecule has 0 bridgehead atoms. The van der Waals surface area contributed by atoms with Gasteiger partial charge >= 0.3 is 10.4 Å². The third-order valence-corrected chi connectivity index (χ3v) is 3.66. The van der Waals surface area contributed by atoms with Crippen LogP contribution in [0.3, 0.4) is 0 Å². The van der Waals surface area contributed by atoms with Gasteiger partial charge in [-0.2, -0.15) is 8.42 Å². The van der Waals surface area contributed by atoms with E-state index in [1.54, 1.807) is 0 Å². The van der Waals surface area contributed by atoms with Crippen LogP contribution in [-0.2, 0) is 16.8 Å². The first kappa shape index (κ1) is 26.3. The Morgan fingerprint density at radius 3 is 1.54 bits per heavy atom. The maximum atomic E-state index is 8.74. The fourth-order valence-corrected chi connectivity index (χ4v) is 2.46. The van der Waals surface area contributed by atoms with Gasteiger partial charge < -0.3 is 0 Å². The van der Waals surface area contributed by atoms with Gasteiger partial charge in [0.05, 0.1) is 0 Å². The van der Waals surface area contributed by atoms with Crippen molar-refractivity contribution in [3.63, 3.8) is 0 Å². The molecule has 1 rings (SSSR count). The van der Waals surface area contributed by atoms with Crippen molar-refractivity contribution in [2.45, 2.75) is 77.6 Å². The van der Waals surface area contributed by atoms with E-state index in [2.05, 4.69) is 37.3 Å². The van der Waals surface area contributed by atoms with Gasteiger partial charge in [-0.05, 0) is 18.4 Å². The van der Waals surface area contributed by atoms with Crippen molar-refractivity contribution < 1.29 is 17.5 Å². The van der Waals surface area contributed by atoms with Gasteiger partial charge in [-0.3, -0.25) is 9.11 Å². The molecule has 0 aromatic heterocycles. The van der Waals surface area contributed by atoms with Crippen LogP contribution in [0.25, 0.3) is 0 Å². The van der Waals surface area contributed by atoms with Gasteiger partial charge in [0.2, 0.25) is 0 Å². The molecule has 6 heteroatoms. The Morgan fingerprint density at radius 1 is 0.750 bits per heavy atom. The van der Waals surface area contributed by atoms with Crippen molar-refractivity contribution in [1.82, 2.24) is 0 Å². The SMILES string of the molecule is CCCCCCCCCCCCc1ccccc1.O=S(=O)(O)O.[Na]. The largest absolute Gasteiger partial charge is 0.394 e. The Labute approximate surface area is 170 Å². The molecule has 4 nitrogen and oxygen atoms in total. The molecule has 0 aliphatic rings. The molecule has 1 aromatic rings. The molecule has 135 valence electrons. The smallest absolute Gasteiger partial charge is 0.264 e. The first-order chi connectivity index (χ1) is 10.9. The summed E-state index contributed by atoms with van der Waals surface area (Å²) in [5, 5.41) is 0. The van der Waals surface area contributed by atoms with Crippen molar-refractivity contribution in [3.05, 3.63) is 35.9 Å². The third-order valence-electron chi connectivity index (χ3n) is 3.66.